The van der Waals surface area contributed by atoms with Crippen molar-refractivity contribution in [2.75, 3.05) is 32.8 Å². The molecule has 0 bridgehead atoms. The van der Waals surface area contributed by atoms with Crippen LogP contribution in [-0.4, -0.2) is 70.7 Å². The molecule has 0 aromatic rings. The first-order valence-corrected chi connectivity index (χ1v) is 8.66. The van der Waals surface area contributed by atoms with Gasteiger partial charge in [0.2, 0.25) is 0 Å². The Hall–Kier alpha value is -1.18. The van der Waals surface area contributed by atoms with Crippen molar-refractivity contribution < 1.29 is 14.7 Å². The van der Waals surface area contributed by atoms with Crippen LogP contribution in [0.1, 0.15) is 46.0 Å². The number of aliphatic hydroxyl groups excluding tert-OH is 1. The molecule has 2 aliphatic heterocycles. The molecule has 0 radical (unpaired) electrons. The summed E-state index contributed by atoms with van der Waals surface area (Å²) < 4.78 is 0. The number of hydrogen-bond acceptors (Lipinski definition) is 5. The quantitative estimate of drug-likeness (QED) is 0.583. The van der Waals surface area contributed by atoms with Gasteiger partial charge in [0, 0.05) is 38.3 Å². The molecular formula is C16H30N4O3. The summed E-state index contributed by atoms with van der Waals surface area (Å²) in [4.78, 5) is 28.7. The van der Waals surface area contributed by atoms with Crippen LogP contribution in [0.15, 0.2) is 0 Å². The van der Waals surface area contributed by atoms with Crippen LogP contribution in [0.5, 0.6) is 0 Å². The molecule has 2 saturated heterocycles. The SMILES string of the molecule is CCC(N)(CC)CN1C(=O)NC2(CCN(CCCO)CC2)C1=O. The number of aliphatic hydroxyl groups is 1. The fourth-order valence-electron chi connectivity index (χ4n) is 3.40. The van der Waals surface area contributed by atoms with E-state index in [0.717, 1.165) is 38.9 Å². The Balaban J connectivity index is 2.01. The Morgan fingerprint density at radius 1 is 1.26 bits per heavy atom. The first-order valence-electron chi connectivity index (χ1n) is 8.66. The fraction of sp³-hybridized carbons (Fsp3) is 0.875. The minimum atomic E-state index is -0.755. The summed E-state index contributed by atoms with van der Waals surface area (Å²) in [7, 11) is 0. The van der Waals surface area contributed by atoms with E-state index < -0.39 is 11.1 Å². The molecule has 2 aliphatic rings. The summed E-state index contributed by atoms with van der Waals surface area (Å²) in [5.41, 5.74) is 5.02. The molecule has 0 atom stereocenters. The topological polar surface area (TPSA) is 98.9 Å². The lowest BCUT2D eigenvalue weighted by Gasteiger charge is -2.37. The number of amides is 3. The Morgan fingerprint density at radius 3 is 2.39 bits per heavy atom. The number of nitrogens with one attached hydrogen (secondary N) is 1. The van der Waals surface area contributed by atoms with Gasteiger partial charge in [0.15, 0.2) is 0 Å². The van der Waals surface area contributed by atoms with Crippen LogP contribution in [0, 0.1) is 0 Å². The number of imide groups is 1. The van der Waals surface area contributed by atoms with E-state index in [1.54, 1.807) is 0 Å². The minimum absolute atomic E-state index is 0.124. The number of nitrogens with two attached hydrogens (primary N) is 1. The molecule has 7 nitrogen and oxygen atoms in total. The van der Waals surface area contributed by atoms with E-state index in [4.69, 9.17) is 10.8 Å². The summed E-state index contributed by atoms with van der Waals surface area (Å²) in [5.74, 6) is -0.124. The normalized spacial score (nSPS) is 22.0. The predicted molar refractivity (Wildman–Crippen MR) is 87.9 cm³/mol. The Bertz CT molecular complexity index is 443. The first kappa shape index (κ1) is 18.2. The number of piperidine rings is 1. The van der Waals surface area contributed by atoms with Crippen molar-refractivity contribution in [2.24, 2.45) is 5.73 Å². The lowest BCUT2D eigenvalue weighted by molar-refractivity contribution is -0.133. The van der Waals surface area contributed by atoms with Gasteiger partial charge in [0.25, 0.3) is 5.91 Å². The highest BCUT2D eigenvalue weighted by molar-refractivity contribution is 6.07. The molecule has 0 aromatic carbocycles. The molecule has 0 aromatic heterocycles. The van der Waals surface area contributed by atoms with Crippen molar-refractivity contribution in [2.45, 2.75) is 57.0 Å². The Kier molecular flexibility index (Phi) is 5.65. The van der Waals surface area contributed by atoms with E-state index in [2.05, 4.69) is 10.2 Å². The maximum Gasteiger partial charge on any atom is 0.325 e. The second kappa shape index (κ2) is 7.15. The van der Waals surface area contributed by atoms with Crippen molar-refractivity contribution in [3.63, 3.8) is 0 Å². The van der Waals surface area contributed by atoms with Gasteiger partial charge in [-0.25, -0.2) is 4.79 Å². The Morgan fingerprint density at radius 2 is 1.87 bits per heavy atom. The maximum absolute atomic E-state index is 12.9. The zero-order chi connectivity index (χ0) is 17.1. The van der Waals surface area contributed by atoms with Crippen LogP contribution in [0.2, 0.25) is 0 Å². The highest BCUT2D eigenvalue weighted by Gasteiger charge is 2.53. The summed E-state index contributed by atoms with van der Waals surface area (Å²) in [6, 6.07) is -0.310. The Labute approximate surface area is 138 Å². The van der Waals surface area contributed by atoms with Gasteiger partial charge >= 0.3 is 6.03 Å². The summed E-state index contributed by atoms with van der Waals surface area (Å²) in [6.07, 6.45) is 3.43. The van der Waals surface area contributed by atoms with Crippen LogP contribution in [0.3, 0.4) is 0 Å². The fourth-order valence-corrected chi connectivity index (χ4v) is 3.40. The van der Waals surface area contributed by atoms with E-state index in [0.29, 0.717) is 12.8 Å². The predicted octanol–water partition coefficient (Wildman–Crippen LogP) is 0.273. The van der Waals surface area contributed by atoms with Crippen molar-refractivity contribution >= 4 is 11.9 Å². The van der Waals surface area contributed by atoms with Gasteiger partial charge in [0.05, 0.1) is 0 Å². The van der Waals surface area contributed by atoms with Gasteiger partial charge in [0.1, 0.15) is 5.54 Å². The van der Waals surface area contributed by atoms with Crippen LogP contribution < -0.4 is 11.1 Å². The average Bonchev–Trinajstić information content (AvgIpc) is 2.78. The van der Waals surface area contributed by atoms with E-state index in [1.165, 1.54) is 4.90 Å². The van der Waals surface area contributed by atoms with Crippen molar-refractivity contribution in [1.29, 1.82) is 0 Å². The van der Waals surface area contributed by atoms with Gasteiger partial charge in [-0.3, -0.25) is 9.69 Å². The molecule has 2 fully saturated rings. The molecule has 1 spiro atoms. The molecular weight excluding hydrogens is 296 g/mol. The standard InChI is InChI=1S/C16H30N4O3/c1-3-15(17,4-2)12-20-13(22)16(18-14(20)23)6-9-19(10-7-16)8-5-11-21/h21H,3-12,17H2,1-2H3,(H,18,23). The first-order chi connectivity index (χ1) is 10.9. The second-order valence-corrected chi connectivity index (χ2v) is 6.89. The third-order valence-corrected chi connectivity index (χ3v) is 5.47. The third-order valence-electron chi connectivity index (χ3n) is 5.47. The highest BCUT2D eigenvalue weighted by Crippen LogP contribution is 2.30. The molecule has 4 N–H and O–H groups in total. The van der Waals surface area contributed by atoms with Gasteiger partial charge in [-0.1, -0.05) is 13.8 Å². The number of carbonyl (C=O) groups excluding carboxylic acids is 2. The van der Waals surface area contributed by atoms with E-state index >= 15 is 0 Å². The monoisotopic (exact) mass is 326 g/mol. The number of likely N-dealkylation sites (tertiary alicyclic amines) is 1. The summed E-state index contributed by atoms with van der Waals surface area (Å²) in [5, 5.41) is 11.8. The second-order valence-electron chi connectivity index (χ2n) is 6.89. The molecule has 23 heavy (non-hydrogen) atoms. The third kappa shape index (κ3) is 3.67. The molecule has 132 valence electrons. The highest BCUT2D eigenvalue weighted by atomic mass is 16.3. The largest absolute Gasteiger partial charge is 0.396 e. The van der Waals surface area contributed by atoms with Crippen LogP contribution >= 0.6 is 0 Å². The van der Waals surface area contributed by atoms with Crippen molar-refractivity contribution in [3.8, 4) is 0 Å². The van der Waals surface area contributed by atoms with Crippen molar-refractivity contribution in [1.82, 2.24) is 15.1 Å². The molecule has 3 amide bonds. The van der Waals surface area contributed by atoms with E-state index in [1.807, 2.05) is 13.8 Å². The number of carbonyl (C=O) groups is 2. The number of nitrogens with zero attached hydrogens (tertiary/aromatic N) is 2. The van der Waals surface area contributed by atoms with Crippen LogP contribution in [0.25, 0.3) is 0 Å². The smallest absolute Gasteiger partial charge is 0.325 e. The van der Waals surface area contributed by atoms with Crippen LogP contribution in [-0.2, 0) is 4.79 Å². The van der Waals surface area contributed by atoms with Gasteiger partial charge in [-0.05, 0) is 32.1 Å². The van der Waals surface area contributed by atoms with Crippen LogP contribution in [0.4, 0.5) is 4.79 Å². The molecule has 0 saturated carbocycles. The zero-order valence-electron chi connectivity index (χ0n) is 14.3. The summed E-state index contributed by atoms with van der Waals surface area (Å²) in [6.45, 7) is 6.77. The minimum Gasteiger partial charge on any atom is -0.396 e. The summed E-state index contributed by atoms with van der Waals surface area (Å²) >= 11 is 0. The number of rotatable bonds is 7. The molecule has 2 heterocycles. The maximum atomic E-state index is 12.9. The van der Waals surface area contributed by atoms with Crippen molar-refractivity contribution in [3.05, 3.63) is 0 Å². The lowest BCUT2D eigenvalue weighted by atomic mass is 9.86. The van der Waals surface area contributed by atoms with Gasteiger partial charge in [-0.2, -0.15) is 0 Å². The molecule has 2 rings (SSSR count). The zero-order valence-corrected chi connectivity index (χ0v) is 14.3. The van der Waals surface area contributed by atoms with E-state index in [-0.39, 0.29) is 25.1 Å². The van der Waals surface area contributed by atoms with Gasteiger partial charge < -0.3 is 21.1 Å². The van der Waals surface area contributed by atoms with E-state index in [9.17, 15) is 9.59 Å². The number of urea groups is 1. The molecule has 0 unspecified atom stereocenters. The average molecular weight is 326 g/mol. The molecule has 0 aliphatic carbocycles. The lowest BCUT2D eigenvalue weighted by Crippen LogP contribution is -2.56. The van der Waals surface area contributed by atoms with Gasteiger partial charge in [-0.15, -0.1) is 0 Å². The molecule has 7 heteroatoms. The number of hydrogen-bond donors (Lipinski definition) is 3.